The van der Waals surface area contributed by atoms with Crippen molar-refractivity contribution in [3.05, 3.63) is 29.5 Å². The predicted octanol–water partition coefficient (Wildman–Crippen LogP) is 2.17. The topological polar surface area (TPSA) is 117 Å². The molecule has 164 valence electrons. The van der Waals surface area contributed by atoms with Gasteiger partial charge in [-0.2, -0.15) is 9.40 Å². The monoisotopic (exact) mass is 473 g/mol. The Hall–Kier alpha value is -1.82. The van der Waals surface area contributed by atoms with Crippen molar-refractivity contribution in [2.24, 2.45) is 5.92 Å². The highest BCUT2D eigenvalue weighted by Crippen LogP contribution is 2.32. The van der Waals surface area contributed by atoms with Crippen LogP contribution in [0.2, 0.25) is 5.02 Å². The molecule has 9 nitrogen and oxygen atoms in total. The molecule has 12 heteroatoms. The fourth-order valence-corrected chi connectivity index (χ4v) is 5.76. The molecule has 0 spiro atoms. The summed E-state index contributed by atoms with van der Waals surface area (Å²) < 4.78 is 33.3. The number of nitrogens with one attached hydrogen (secondary N) is 2. The van der Waals surface area contributed by atoms with Crippen LogP contribution in [0.25, 0.3) is 0 Å². The second-order valence-electron chi connectivity index (χ2n) is 6.66. The van der Waals surface area contributed by atoms with Gasteiger partial charge in [0.1, 0.15) is 17.0 Å². The maximum Gasteiger partial charge on any atom is 0.246 e. The van der Waals surface area contributed by atoms with Gasteiger partial charge in [0.15, 0.2) is 5.16 Å². The third-order valence-electron chi connectivity index (χ3n) is 4.61. The van der Waals surface area contributed by atoms with Crippen LogP contribution in [0.1, 0.15) is 19.8 Å². The van der Waals surface area contributed by atoms with E-state index in [1.165, 1.54) is 28.5 Å². The molecule has 1 aromatic heterocycles. The number of hydrogen-bond acceptors (Lipinski definition) is 7. The van der Waals surface area contributed by atoms with Crippen LogP contribution in [0.5, 0.6) is 5.75 Å². The van der Waals surface area contributed by atoms with Gasteiger partial charge < -0.3 is 10.1 Å². The van der Waals surface area contributed by atoms with E-state index in [-0.39, 0.29) is 23.1 Å². The minimum Gasteiger partial charge on any atom is -0.492 e. The van der Waals surface area contributed by atoms with Crippen molar-refractivity contribution >= 4 is 39.3 Å². The second-order valence-corrected chi connectivity index (χ2v) is 10.1. The predicted molar refractivity (Wildman–Crippen MR) is 114 cm³/mol. The summed E-state index contributed by atoms with van der Waals surface area (Å²) in [5.41, 5.74) is 0. The summed E-state index contributed by atoms with van der Waals surface area (Å²) in [6, 6.07) is 4.54. The van der Waals surface area contributed by atoms with Crippen molar-refractivity contribution in [3.63, 3.8) is 0 Å². The zero-order valence-corrected chi connectivity index (χ0v) is 18.9. The van der Waals surface area contributed by atoms with E-state index in [1.807, 2.05) is 0 Å². The zero-order valence-electron chi connectivity index (χ0n) is 16.5. The number of carbonyl (C=O) groups is 1. The third kappa shape index (κ3) is 5.65. The number of aromatic nitrogens is 3. The van der Waals surface area contributed by atoms with Gasteiger partial charge in [0.2, 0.25) is 15.9 Å². The summed E-state index contributed by atoms with van der Waals surface area (Å²) in [6.07, 6.45) is 2.67. The largest absolute Gasteiger partial charge is 0.492 e. The highest BCUT2D eigenvalue weighted by molar-refractivity contribution is 7.99. The molecule has 1 aliphatic rings. The van der Waals surface area contributed by atoms with Crippen molar-refractivity contribution in [1.29, 1.82) is 0 Å². The molecule has 1 aromatic carbocycles. The molecule has 1 atom stereocenters. The molecule has 2 heterocycles. The smallest absolute Gasteiger partial charge is 0.246 e. The Labute approximate surface area is 185 Å². The average Bonchev–Trinajstić information content (AvgIpc) is 3.26. The first-order valence-electron chi connectivity index (χ1n) is 9.60. The number of sulfonamides is 1. The fourth-order valence-electron chi connectivity index (χ4n) is 3.20. The van der Waals surface area contributed by atoms with Gasteiger partial charge in [0, 0.05) is 30.4 Å². The summed E-state index contributed by atoms with van der Waals surface area (Å²) in [7, 11) is -3.84. The highest BCUT2D eigenvalue weighted by Gasteiger charge is 2.35. The Balaban J connectivity index is 1.62. The van der Waals surface area contributed by atoms with Crippen molar-refractivity contribution in [2.75, 3.05) is 32.0 Å². The number of piperidine rings is 1. The molecule has 30 heavy (non-hydrogen) atoms. The molecule has 1 amide bonds. The Morgan fingerprint density at radius 3 is 3.03 bits per heavy atom. The third-order valence-corrected chi connectivity index (χ3v) is 7.61. The van der Waals surface area contributed by atoms with Gasteiger partial charge in [0.25, 0.3) is 0 Å². The van der Waals surface area contributed by atoms with E-state index in [2.05, 4.69) is 20.5 Å². The second kappa shape index (κ2) is 10.5. The number of aromatic amines is 1. The van der Waals surface area contributed by atoms with Gasteiger partial charge in [-0.3, -0.25) is 9.89 Å². The number of thioether (sulfide) groups is 1. The Bertz CT molecular complexity index is 955. The molecule has 1 aliphatic heterocycles. The van der Waals surface area contributed by atoms with E-state index in [0.717, 1.165) is 0 Å². The van der Waals surface area contributed by atoms with E-state index in [4.69, 9.17) is 16.3 Å². The van der Waals surface area contributed by atoms with Crippen LogP contribution in [0.4, 0.5) is 0 Å². The van der Waals surface area contributed by atoms with Gasteiger partial charge in [-0.05, 0) is 38.0 Å². The van der Waals surface area contributed by atoms with Gasteiger partial charge in [-0.15, -0.1) is 0 Å². The van der Waals surface area contributed by atoms with Gasteiger partial charge in [-0.25, -0.2) is 13.4 Å². The lowest BCUT2D eigenvalue weighted by Gasteiger charge is -2.31. The minimum absolute atomic E-state index is 0.0290. The number of H-pyrrole nitrogens is 1. The van der Waals surface area contributed by atoms with E-state index < -0.39 is 15.9 Å². The molecular formula is C18H24ClN5O4S2. The number of nitrogens with zero attached hydrogens (tertiary/aromatic N) is 3. The quantitative estimate of drug-likeness (QED) is 0.423. The first-order valence-corrected chi connectivity index (χ1v) is 12.4. The number of halogens is 1. The van der Waals surface area contributed by atoms with Crippen molar-refractivity contribution in [3.8, 4) is 5.75 Å². The lowest BCUT2D eigenvalue weighted by molar-refractivity contribution is -0.125. The van der Waals surface area contributed by atoms with E-state index in [9.17, 15) is 13.2 Å². The van der Waals surface area contributed by atoms with E-state index in [1.54, 1.807) is 19.1 Å². The standard InChI is InChI=1S/C18H24ClN5O4S2/c1-2-28-15-6-5-14(19)10-16(15)30(26,27)24-8-3-4-13(11-24)17(25)20-7-9-29-18-21-12-22-23-18/h5-6,10,12-13H,2-4,7-9,11H2,1H3,(H,20,25)(H,21,22,23)/t13-/m1/s1. The van der Waals surface area contributed by atoms with Crippen LogP contribution < -0.4 is 10.1 Å². The Morgan fingerprint density at radius 1 is 1.47 bits per heavy atom. The van der Waals surface area contributed by atoms with Gasteiger partial charge >= 0.3 is 0 Å². The molecule has 2 aromatic rings. The van der Waals surface area contributed by atoms with E-state index >= 15 is 0 Å². The zero-order chi connectivity index (χ0) is 21.6. The summed E-state index contributed by atoms with van der Waals surface area (Å²) >= 11 is 7.48. The molecule has 0 saturated carbocycles. The normalized spacial score (nSPS) is 17.6. The molecule has 1 saturated heterocycles. The lowest BCUT2D eigenvalue weighted by atomic mass is 9.99. The summed E-state index contributed by atoms with van der Waals surface area (Å²) in [5.74, 6) is 0.344. The molecule has 0 aliphatic carbocycles. The number of hydrogen-bond donors (Lipinski definition) is 2. The molecule has 2 N–H and O–H groups in total. The van der Waals surface area contributed by atoms with Gasteiger partial charge in [0.05, 0.1) is 12.5 Å². The molecule has 3 rings (SSSR count). The van der Waals surface area contributed by atoms with E-state index in [0.29, 0.717) is 48.5 Å². The Morgan fingerprint density at radius 2 is 2.30 bits per heavy atom. The minimum atomic E-state index is -3.84. The van der Waals surface area contributed by atoms with Crippen LogP contribution in [-0.2, 0) is 14.8 Å². The summed E-state index contributed by atoms with van der Waals surface area (Å²) in [4.78, 5) is 16.6. The van der Waals surface area contributed by atoms with Crippen LogP contribution in [0.15, 0.2) is 34.6 Å². The average molecular weight is 474 g/mol. The fraction of sp³-hybridized carbons (Fsp3) is 0.500. The number of amides is 1. The lowest BCUT2D eigenvalue weighted by Crippen LogP contribution is -2.45. The SMILES string of the molecule is CCOc1ccc(Cl)cc1S(=O)(=O)N1CCC[C@@H](C(=O)NCCSc2ncn[nH]2)C1. The Kier molecular flexibility index (Phi) is 7.98. The van der Waals surface area contributed by atoms with Crippen LogP contribution in [0, 0.1) is 5.92 Å². The number of benzene rings is 1. The first kappa shape index (κ1) is 22.9. The maximum atomic E-state index is 13.2. The molecular weight excluding hydrogens is 450 g/mol. The van der Waals surface area contributed by atoms with Gasteiger partial charge in [-0.1, -0.05) is 23.4 Å². The number of ether oxygens (including phenoxy) is 1. The van der Waals surface area contributed by atoms with Crippen LogP contribution >= 0.6 is 23.4 Å². The summed E-state index contributed by atoms with van der Waals surface area (Å²) in [6.45, 7) is 3.05. The first-order chi connectivity index (χ1) is 14.4. The highest BCUT2D eigenvalue weighted by atomic mass is 35.5. The number of carbonyl (C=O) groups excluding carboxylic acids is 1. The molecule has 0 unspecified atom stereocenters. The summed E-state index contributed by atoms with van der Waals surface area (Å²) in [5, 5.41) is 10.4. The molecule has 1 fully saturated rings. The van der Waals surface area contributed by atoms with Crippen LogP contribution in [0.3, 0.4) is 0 Å². The van der Waals surface area contributed by atoms with Crippen molar-refractivity contribution in [1.82, 2.24) is 24.8 Å². The van der Waals surface area contributed by atoms with Crippen molar-refractivity contribution < 1.29 is 17.9 Å². The number of rotatable bonds is 9. The molecule has 0 radical (unpaired) electrons. The van der Waals surface area contributed by atoms with Crippen LogP contribution in [-0.4, -0.2) is 65.8 Å². The maximum absolute atomic E-state index is 13.2. The molecule has 0 bridgehead atoms. The van der Waals surface area contributed by atoms with Crippen molar-refractivity contribution in [2.45, 2.75) is 29.8 Å².